The van der Waals surface area contributed by atoms with Crippen LogP contribution < -0.4 is 15.1 Å². The van der Waals surface area contributed by atoms with Crippen LogP contribution in [0.25, 0.3) is 0 Å². The van der Waals surface area contributed by atoms with E-state index >= 15 is 0 Å². The highest BCUT2D eigenvalue weighted by Gasteiger charge is 2.35. The quantitative estimate of drug-likeness (QED) is 0.943. The summed E-state index contributed by atoms with van der Waals surface area (Å²) in [5, 5.41) is 2.94. The van der Waals surface area contributed by atoms with Gasteiger partial charge in [0, 0.05) is 32.7 Å². The van der Waals surface area contributed by atoms with Gasteiger partial charge < -0.3 is 15.1 Å². The fourth-order valence-corrected chi connectivity index (χ4v) is 3.39. The van der Waals surface area contributed by atoms with Crippen LogP contribution in [0.15, 0.2) is 42.5 Å². The summed E-state index contributed by atoms with van der Waals surface area (Å²) in [4.78, 5) is 21.6. The number of nitrogens with one attached hydrogen (secondary N) is 1. The second-order valence-corrected chi connectivity index (χ2v) is 6.21. The van der Waals surface area contributed by atoms with Crippen molar-refractivity contribution >= 4 is 17.4 Å². The van der Waals surface area contributed by atoms with Gasteiger partial charge in [0.2, 0.25) is 0 Å². The zero-order chi connectivity index (χ0) is 15.8. The normalized spacial score (nSPS) is 18.7. The van der Waals surface area contributed by atoms with E-state index in [4.69, 9.17) is 0 Å². The first-order chi connectivity index (χ1) is 11.2. The average molecular weight is 308 g/mol. The van der Waals surface area contributed by atoms with Crippen LogP contribution in [-0.4, -0.2) is 37.1 Å². The van der Waals surface area contributed by atoms with Crippen LogP contribution >= 0.6 is 0 Å². The highest BCUT2D eigenvalue weighted by atomic mass is 16.1. The number of carbonyl (C=O) groups excluding carboxylic acids is 1. The molecule has 2 aromatic rings. The molecule has 1 N–H and O–H groups in total. The maximum Gasteiger partial charge on any atom is 0.270 e. The van der Waals surface area contributed by atoms with Gasteiger partial charge in [0.1, 0.15) is 5.69 Å². The summed E-state index contributed by atoms with van der Waals surface area (Å²) < 4.78 is 0. The first kappa shape index (κ1) is 14.1. The summed E-state index contributed by atoms with van der Waals surface area (Å²) in [5.41, 5.74) is 2.70. The Morgan fingerprint density at radius 1 is 1.26 bits per heavy atom. The van der Waals surface area contributed by atoms with Crippen LogP contribution in [0.1, 0.15) is 22.5 Å². The van der Waals surface area contributed by atoms with Crippen LogP contribution in [0.4, 0.5) is 11.5 Å². The highest BCUT2D eigenvalue weighted by Crippen LogP contribution is 2.37. The molecule has 0 aliphatic carbocycles. The molecule has 118 valence electrons. The van der Waals surface area contributed by atoms with Crippen molar-refractivity contribution in [1.29, 1.82) is 0 Å². The summed E-state index contributed by atoms with van der Waals surface area (Å²) in [7, 11) is 2.07. The maximum absolute atomic E-state index is 12.4. The Morgan fingerprint density at radius 3 is 2.91 bits per heavy atom. The second-order valence-electron chi connectivity index (χ2n) is 6.21. The molecule has 0 spiro atoms. The minimum atomic E-state index is -0.127. The van der Waals surface area contributed by atoms with E-state index in [0.717, 1.165) is 36.6 Å². The van der Waals surface area contributed by atoms with E-state index in [1.165, 1.54) is 0 Å². The maximum atomic E-state index is 12.4. The number of hydrogen-bond donors (Lipinski definition) is 1. The van der Waals surface area contributed by atoms with Crippen molar-refractivity contribution in [3.05, 3.63) is 53.7 Å². The van der Waals surface area contributed by atoms with E-state index in [1.807, 2.05) is 42.5 Å². The van der Waals surface area contributed by atoms with Gasteiger partial charge in [-0.1, -0.05) is 30.3 Å². The molecular formula is C18H20N4O. The molecule has 5 nitrogen and oxygen atoms in total. The predicted octanol–water partition coefficient (Wildman–Crippen LogP) is 2.04. The largest absolute Gasteiger partial charge is 0.366 e. The SMILES string of the molecule is CN1c2nc(C(=O)NCc3ccccc3)ccc2N2CCC1C2. The van der Waals surface area contributed by atoms with Gasteiger partial charge in [-0.25, -0.2) is 4.98 Å². The number of nitrogens with zero attached hydrogens (tertiary/aromatic N) is 3. The molecule has 0 saturated carbocycles. The number of carbonyl (C=O) groups is 1. The Bertz CT molecular complexity index is 731. The van der Waals surface area contributed by atoms with Gasteiger partial charge in [-0.2, -0.15) is 0 Å². The summed E-state index contributed by atoms with van der Waals surface area (Å²) >= 11 is 0. The number of hydrogen-bond acceptors (Lipinski definition) is 4. The minimum Gasteiger partial charge on any atom is -0.366 e. The Kier molecular flexibility index (Phi) is 3.41. The van der Waals surface area contributed by atoms with Crippen LogP contribution in [0.3, 0.4) is 0 Å². The zero-order valence-corrected chi connectivity index (χ0v) is 13.2. The molecule has 0 radical (unpaired) electrons. The molecule has 1 aromatic heterocycles. The average Bonchev–Trinajstić information content (AvgIpc) is 3.04. The first-order valence-corrected chi connectivity index (χ1v) is 8.03. The molecule has 1 unspecified atom stereocenters. The number of rotatable bonds is 3. The molecule has 1 fully saturated rings. The number of benzene rings is 1. The molecule has 2 aliphatic rings. The molecule has 1 amide bonds. The van der Waals surface area contributed by atoms with E-state index in [1.54, 1.807) is 0 Å². The zero-order valence-electron chi connectivity index (χ0n) is 13.2. The molecule has 2 aliphatic heterocycles. The van der Waals surface area contributed by atoms with E-state index in [-0.39, 0.29) is 5.91 Å². The number of anilines is 2. The van der Waals surface area contributed by atoms with Crippen molar-refractivity contribution in [2.24, 2.45) is 0 Å². The summed E-state index contributed by atoms with van der Waals surface area (Å²) in [6.07, 6.45) is 1.16. The van der Waals surface area contributed by atoms with Crippen molar-refractivity contribution in [1.82, 2.24) is 10.3 Å². The van der Waals surface area contributed by atoms with E-state index in [9.17, 15) is 4.79 Å². The summed E-state index contributed by atoms with van der Waals surface area (Å²) in [6.45, 7) is 2.65. The van der Waals surface area contributed by atoms with Crippen molar-refractivity contribution in [3.63, 3.8) is 0 Å². The van der Waals surface area contributed by atoms with Gasteiger partial charge >= 0.3 is 0 Å². The third kappa shape index (κ3) is 2.52. The Morgan fingerprint density at radius 2 is 2.09 bits per heavy atom. The lowest BCUT2D eigenvalue weighted by atomic mass is 10.2. The minimum absolute atomic E-state index is 0.127. The Balaban J connectivity index is 1.53. The van der Waals surface area contributed by atoms with Crippen molar-refractivity contribution in [2.75, 3.05) is 29.9 Å². The van der Waals surface area contributed by atoms with E-state index in [0.29, 0.717) is 18.3 Å². The standard InChI is InChI=1S/C18H20N4O/c1-21-14-9-10-22(12-14)16-8-7-15(20-17(16)21)18(23)19-11-13-5-3-2-4-6-13/h2-8,14H,9-12H2,1H3,(H,19,23). The lowest BCUT2D eigenvalue weighted by molar-refractivity contribution is 0.0946. The molecule has 1 atom stereocenters. The lowest BCUT2D eigenvalue weighted by Gasteiger charge is -2.34. The predicted molar refractivity (Wildman–Crippen MR) is 90.9 cm³/mol. The third-order valence-corrected chi connectivity index (χ3v) is 4.77. The van der Waals surface area contributed by atoms with Gasteiger partial charge in [0.05, 0.1) is 5.69 Å². The van der Waals surface area contributed by atoms with E-state index in [2.05, 4.69) is 27.1 Å². The topological polar surface area (TPSA) is 48.5 Å². The van der Waals surface area contributed by atoms with Gasteiger partial charge in [-0.05, 0) is 24.1 Å². The molecular weight excluding hydrogens is 288 g/mol. The number of amides is 1. The number of fused-ring (bicyclic) bond motifs is 4. The number of pyridine rings is 1. The molecule has 1 aromatic carbocycles. The number of aromatic nitrogens is 1. The molecule has 23 heavy (non-hydrogen) atoms. The molecule has 1 saturated heterocycles. The Hall–Kier alpha value is -2.56. The smallest absolute Gasteiger partial charge is 0.270 e. The second kappa shape index (κ2) is 5.57. The molecule has 4 rings (SSSR count). The van der Waals surface area contributed by atoms with Crippen LogP contribution in [0, 0.1) is 0 Å². The fraction of sp³-hybridized carbons (Fsp3) is 0.333. The van der Waals surface area contributed by atoms with Crippen LogP contribution in [0.2, 0.25) is 0 Å². The molecule has 2 bridgehead atoms. The van der Waals surface area contributed by atoms with Crippen LogP contribution in [0.5, 0.6) is 0 Å². The van der Waals surface area contributed by atoms with E-state index < -0.39 is 0 Å². The van der Waals surface area contributed by atoms with Gasteiger partial charge in [-0.15, -0.1) is 0 Å². The van der Waals surface area contributed by atoms with Crippen molar-refractivity contribution < 1.29 is 4.79 Å². The monoisotopic (exact) mass is 308 g/mol. The van der Waals surface area contributed by atoms with Gasteiger partial charge in [0.25, 0.3) is 5.91 Å². The lowest BCUT2D eigenvalue weighted by Crippen LogP contribution is -2.40. The fourth-order valence-electron chi connectivity index (χ4n) is 3.39. The van der Waals surface area contributed by atoms with Crippen LogP contribution in [-0.2, 0) is 6.54 Å². The summed E-state index contributed by atoms with van der Waals surface area (Å²) in [5.74, 6) is 0.795. The first-order valence-electron chi connectivity index (χ1n) is 8.03. The van der Waals surface area contributed by atoms with Gasteiger partial charge in [0.15, 0.2) is 5.82 Å². The Labute approximate surface area is 135 Å². The van der Waals surface area contributed by atoms with Gasteiger partial charge in [-0.3, -0.25) is 4.79 Å². The van der Waals surface area contributed by atoms with Crippen molar-refractivity contribution in [3.8, 4) is 0 Å². The third-order valence-electron chi connectivity index (χ3n) is 4.77. The highest BCUT2D eigenvalue weighted by molar-refractivity contribution is 5.93. The van der Waals surface area contributed by atoms with Crippen molar-refractivity contribution in [2.45, 2.75) is 19.0 Å². The summed E-state index contributed by atoms with van der Waals surface area (Å²) in [6, 6.07) is 14.3. The number of likely N-dealkylation sites (N-methyl/N-ethyl adjacent to an activating group) is 1. The molecule has 5 heteroatoms. The molecule has 3 heterocycles.